The number of hydrogen-bond acceptors (Lipinski definition) is 5. The first-order valence-corrected chi connectivity index (χ1v) is 10.3. The molecule has 0 saturated heterocycles. The Kier molecular flexibility index (Phi) is 6.02. The summed E-state index contributed by atoms with van der Waals surface area (Å²) in [4.78, 5) is 27.6. The number of benzene rings is 3. The number of methoxy groups -OCH3 is 1. The SMILES string of the molecule is COC(=O)c1ccc(Nc2nc3cc(C(=O)O)ccc3n2Cc2ccccc2C(C)(F)F)cc1. The van der Waals surface area contributed by atoms with Crippen LogP contribution in [0.5, 0.6) is 0 Å². The summed E-state index contributed by atoms with van der Waals surface area (Å²) in [5.74, 6) is -4.28. The van der Waals surface area contributed by atoms with E-state index in [2.05, 4.69) is 10.3 Å². The molecule has 4 aromatic rings. The lowest BCUT2D eigenvalue weighted by Crippen LogP contribution is -2.14. The molecule has 0 aliphatic rings. The Morgan fingerprint density at radius 2 is 1.74 bits per heavy atom. The molecule has 9 heteroatoms. The molecule has 0 radical (unpaired) electrons. The van der Waals surface area contributed by atoms with Gasteiger partial charge in [-0.2, -0.15) is 0 Å². The number of hydrogen-bond donors (Lipinski definition) is 2. The van der Waals surface area contributed by atoms with Gasteiger partial charge in [0.15, 0.2) is 0 Å². The number of carbonyl (C=O) groups excluding carboxylic acids is 1. The molecular weight excluding hydrogens is 444 g/mol. The molecule has 34 heavy (non-hydrogen) atoms. The first-order valence-electron chi connectivity index (χ1n) is 10.3. The number of halogens is 2. The highest BCUT2D eigenvalue weighted by molar-refractivity contribution is 5.93. The summed E-state index contributed by atoms with van der Waals surface area (Å²) in [6, 6.07) is 17.2. The van der Waals surface area contributed by atoms with Gasteiger partial charge in [-0.25, -0.2) is 23.4 Å². The fourth-order valence-corrected chi connectivity index (χ4v) is 3.71. The first kappa shape index (κ1) is 22.9. The van der Waals surface area contributed by atoms with Gasteiger partial charge in [0.25, 0.3) is 5.92 Å². The predicted molar refractivity (Wildman–Crippen MR) is 123 cm³/mol. The Morgan fingerprint density at radius 3 is 2.38 bits per heavy atom. The number of fused-ring (bicyclic) bond motifs is 1. The Balaban J connectivity index is 1.79. The van der Waals surface area contributed by atoms with Crippen LogP contribution < -0.4 is 5.32 Å². The van der Waals surface area contributed by atoms with Crippen LogP contribution in [-0.2, 0) is 17.2 Å². The molecule has 4 rings (SSSR count). The normalized spacial score (nSPS) is 11.4. The van der Waals surface area contributed by atoms with Gasteiger partial charge in [0.1, 0.15) is 0 Å². The van der Waals surface area contributed by atoms with E-state index in [1.807, 2.05) is 0 Å². The molecule has 1 aromatic heterocycles. The summed E-state index contributed by atoms with van der Waals surface area (Å²) >= 11 is 0. The van der Waals surface area contributed by atoms with Crippen LogP contribution in [-0.4, -0.2) is 33.7 Å². The number of ether oxygens (including phenoxy) is 1. The van der Waals surface area contributed by atoms with E-state index in [1.165, 1.54) is 25.3 Å². The van der Waals surface area contributed by atoms with Crippen molar-refractivity contribution in [3.05, 3.63) is 89.0 Å². The number of esters is 1. The first-order chi connectivity index (χ1) is 16.2. The lowest BCUT2D eigenvalue weighted by molar-refractivity contribution is 0.0164. The Labute approximate surface area is 193 Å². The van der Waals surface area contributed by atoms with Crippen molar-refractivity contribution in [3.63, 3.8) is 0 Å². The zero-order chi connectivity index (χ0) is 24.5. The molecule has 0 amide bonds. The van der Waals surface area contributed by atoms with E-state index in [0.29, 0.717) is 33.8 Å². The lowest BCUT2D eigenvalue weighted by atomic mass is 10.0. The molecule has 0 unspecified atom stereocenters. The molecular formula is C25H21F2N3O4. The summed E-state index contributed by atoms with van der Waals surface area (Å²) in [6.07, 6.45) is 0. The minimum atomic E-state index is -3.04. The van der Waals surface area contributed by atoms with Gasteiger partial charge in [-0.15, -0.1) is 0 Å². The minimum absolute atomic E-state index is 0.0617. The summed E-state index contributed by atoms with van der Waals surface area (Å²) in [5, 5.41) is 12.5. The van der Waals surface area contributed by atoms with E-state index in [4.69, 9.17) is 4.74 Å². The third-order valence-corrected chi connectivity index (χ3v) is 5.38. The molecule has 3 aromatic carbocycles. The Morgan fingerprint density at radius 1 is 1.06 bits per heavy atom. The third kappa shape index (κ3) is 4.59. The molecule has 0 bridgehead atoms. The van der Waals surface area contributed by atoms with Gasteiger partial charge < -0.3 is 19.7 Å². The average Bonchev–Trinajstić information content (AvgIpc) is 3.14. The van der Waals surface area contributed by atoms with Crippen LogP contribution >= 0.6 is 0 Å². The van der Waals surface area contributed by atoms with Crippen LogP contribution in [0.2, 0.25) is 0 Å². The smallest absolute Gasteiger partial charge is 0.337 e. The highest BCUT2D eigenvalue weighted by atomic mass is 19.3. The number of carbonyl (C=O) groups is 2. The molecule has 2 N–H and O–H groups in total. The van der Waals surface area contributed by atoms with Crippen molar-refractivity contribution in [3.8, 4) is 0 Å². The summed E-state index contributed by atoms with van der Waals surface area (Å²) in [7, 11) is 1.29. The van der Waals surface area contributed by atoms with Gasteiger partial charge in [0.05, 0.1) is 35.8 Å². The molecule has 1 heterocycles. The lowest BCUT2D eigenvalue weighted by Gasteiger charge is -2.18. The number of carboxylic acid groups (broad SMARTS) is 1. The molecule has 0 spiro atoms. The van der Waals surface area contributed by atoms with E-state index in [0.717, 1.165) is 6.92 Å². The molecule has 0 aliphatic heterocycles. The topological polar surface area (TPSA) is 93.4 Å². The minimum Gasteiger partial charge on any atom is -0.478 e. The van der Waals surface area contributed by atoms with E-state index < -0.39 is 17.9 Å². The number of nitrogens with zero attached hydrogens (tertiary/aromatic N) is 2. The average molecular weight is 465 g/mol. The van der Waals surface area contributed by atoms with Gasteiger partial charge >= 0.3 is 11.9 Å². The van der Waals surface area contributed by atoms with Crippen molar-refractivity contribution in [2.75, 3.05) is 12.4 Å². The van der Waals surface area contributed by atoms with Crippen LogP contribution in [0.15, 0.2) is 66.7 Å². The zero-order valence-electron chi connectivity index (χ0n) is 18.4. The molecule has 0 atom stereocenters. The molecule has 7 nitrogen and oxygen atoms in total. The number of imidazole rings is 1. The largest absolute Gasteiger partial charge is 0.478 e. The van der Waals surface area contributed by atoms with E-state index >= 15 is 0 Å². The Bertz CT molecular complexity index is 1380. The quantitative estimate of drug-likeness (QED) is 0.354. The number of rotatable bonds is 7. The fraction of sp³-hybridized carbons (Fsp3) is 0.160. The van der Waals surface area contributed by atoms with Gasteiger partial charge in [-0.3, -0.25) is 0 Å². The standard InChI is InChI=1S/C25H21F2N3O4/c1-25(26,27)19-6-4-3-5-17(19)14-30-21-12-9-16(22(31)32)13-20(21)29-24(30)28-18-10-7-15(8-11-18)23(33)34-2/h3-13H,14H2,1-2H3,(H,28,29)(H,31,32). The van der Waals surface area contributed by atoms with Gasteiger partial charge in [0.2, 0.25) is 5.95 Å². The number of nitrogens with one attached hydrogen (secondary N) is 1. The van der Waals surface area contributed by atoms with Crippen molar-refractivity contribution in [1.29, 1.82) is 0 Å². The monoisotopic (exact) mass is 465 g/mol. The molecule has 174 valence electrons. The van der Waals surface area contributed by atoms with Crippen LogP contribution in [0, 0.1) is 0 Å². The Hall–Kier alpha value is -4.27. The second kappa shape index (κ2) is 8.93. The molecule has 0 fully saturated rings. The maximum atomic E-state index is 14.2. The second-order valence-corrected chi connectivity index (χ2v) is 7.77. The number of anilines is 2. The van der Waals surface area contributed by atoms with Gasteiger partial charge in [0, 0.05) is 18.2 Å². The summed E-state index contributed by atoms with van der Waals surface area (Å²) < 4.78 is 34.9. The van der Waals surface area contributed by atoms with Crippen molar-refractivity contribution in [1.82, 2.24) is 9.55 Å². The molecule has 0 aliphatic carbocycles. The van der Waals surface area contributed by atoms with Crippen molar-refractivity contribution in [2.45, 2.75) is 19.4 Å². The number of carboxylic acids is 1. The number of alkyl halides is 2. The predicted octanol–water partition coefficient (Wildman–Crippen LogP) is 5.42. The number of aromatic carboxylic acids is 1. The maximum absolute atomic E-state index is 14.2. The van der Waals surface area contributed by atoms with E-state index in [1.54, 1.807) is 53.1 Å². The van der Waals surface area contributed by atoms with Gasteiger partial charge in [-0.1, -0.05) is 24.3 Å². The molecule has 0 saturated carbocycles. The van der Waals surface area contributed by atoms with Crippen LogP contribution in [0.4, 0.5) is 20.4 Å². The zero-order valence-corrected chi connectivity index (χ0v) is 18.4. The van der Waals surface area contributed by atoms with Gasteiger partial charge in [-0.05, 0) is 48.0 Å². The van der Waals surface area contributed by atoms with Crippen LogP contribution in [0.1, 0.15) is 38.8 Å². The van der Waals surface area contributed by atoms with Crippen molar-refractivity contribution in [2.24, 2.45) is 0 Å². The van der Waals surface area contributed by atoms with Crippen molar-refractivity contribution >= 4 is 34.6 Å². The number of aromatic nitrogens is 2. The highest BCUT2D eigenvalue weighted by Crippen LogP contribution is 2.32. The highest BCUT2D eigenvalue weighted by Gasteiger charge is 2.27. The van der Waals surface area contributed by atoms with Crippen molar-refractivity contribution < 1.29 is 28.2 Å². The van der Waals surface area contributed by atoms with E-state index in [9.17, 15) is 23.5 Å². The maximum Gasteiger partial charge on any atom is 0.337 e. The van der Waals surface area contributed by atoms with Crippen LogP contribution in [0.25, 0.3) is 11.0 Å². The van der Waals surface area contributed by atoms with Crippen LogP contribution in [0.3, 0.4) is 0 Å². The second-order valence-electron chi connectivity index (χ2n) is 7.77. The fourth-order valence-electron chi connectivity index (χ4n) is 3.71. The van der Waals surface area contributed by atoms with E-state index in [-0.39, 0.29) is 17.7 Å². The summed E-state index contributed by atoms with van der Waals surface area (Å²) in [5.41, 5.74) is 2.30. The third-order valence-electron chi connectivity index (χ3n) is 5.38. The summed E-state index contributed by atoms with van der Waals surface area (Å²) in [6.45, 7) is 0.921.